The minimum absolute atomic E-state index is 0. The molecule has 1 unspecified atom stereocenters. The summed E-state index contributed by atoms with van der Waals surface area (Å²) in [5.74, 6) is 4.28. The van der Waals surface area contributed by atoms with Crippen molar-refractivity contribution in [3.8, 4) is 0 Å². The van der Waals surface area contributed by atoms with E-state index in [0.29, 0.717) is 5.25 Å². The van der Waals surface area contributed by atoms with Gasteiger partial charge in [0.25, 0.3) is 0 Å². The normalized spacial score (nSPS) is 9.40. The largest absolute Gasteiger partial charge is 0.179 e. The fourth-order valence-corrected chi connectivity index (χ4v) is 1.66. The van der Waals surface area contributed by atoms with Gasteiger partial charge in [-0.2, -0.15) is 49.6 Å². The molecule has 0 bridgehead atoms. The van der Waals surface area contributed by atoms with Crippen LogP contribution in [-0.2, 0) is 0 Å². The zero-order valence-corrected chi connectivity index (χ0v) is 11.4. The van der Waals surface area contributed by atoms with Crippen molar-refractivity contribution in [2.75, 3.05) is 23.0 Å². The van der Waals surface area contributed by atoms with Crippen molar-refractivity contribution in [3.63, 3.8) is 0 Å². The Hall–Kier alpha value is 1.40. The predicted octanol–water partition coefficient (Wildman–Crippen LogP) is 5.20. The molecule has 0 aromatic rings. The Kier molecular flexibility index (Phi) is 58.9. The second-order valence-electron chi connectivity index (χ2n) is 2.37. The maximum absolute atomic E-state index is 4.23. The molecule has 0 nitrogen and oxygen atoms in total. The summed E-state index contributed by atoms with van der Waals surface area (Å²) in [6, 6.07) is 0. The molecule has 0 saturated heterocycles. The first-order valence-electron chi connectivity index (χ1n) is 4.16. The molecular formula is C11H32S4. The van der Waals surface area contributed by atoms with E-state index in [0.717, 1.165) is 23.0 Å². The van der Waals surface area contributed by atoms with Crippen LogP contribution in [0.1, 0.15) is 42.5 Å². The molecule has 0 amide bonds. The molecule has 4 heteroatoms. The fourth-order valence-electron chi connectivity index (χ4n) is 0.318. The molecule has 0 rings (SSSR count). The molecule has 0 saturated carbocycles. The van der Waals surface area contributed by atoms with Gasteiger partial charge in [-0.05, 0) is 17.9 Å². The molecule has 0 spiro atoms. The third-order valence-electron chi connectivity index (χ3n) is 0.818. The maximum Gasteiger partial charge on any atom is 0.00791 e. The van der Waals surface area contributed by atoms with Crippen LogP contribution in [0.25, 0.3) is 0 Å². The first-order chi connectivity index (χ1) is 5.68. The van der Waals surface area contributed by atoms with Crippen LogP contribution in [0.2, 0.25) is 0 Å². The summed E-state index contributed by atoms with van der Waals surface area (Å²) in [5, 5.41) is 0.528. The first-order valence-corrected chi connectivity index (χ1v) is 7.10. The molecule has 0 aliphatic carbocycles. The molecule has 100 valence electrons. The van der Waals surface area contributed by atoms with E-state index in [1.807, 2.05) is 11.8 Å². The Morgan fingerprint density at radius 2 is 1.47 bits per heavy atom. The van der Waals surface area contributed by atoms with Crippen LogP contribution < -0.4 is 0 Å². The van der Waals surface area contributed by atoms with Gasteiger partial charge in [-0.15, -0.1) is 0 Å². The minimum atomic E-state index is 0. The third-order valence-corrected chi connectivity index (χ3v) is 3.45. The molecular weight excluding hydrogens is 260 g/mol. The monoisotopic (exact) mass is 292 g/mol. The summed E-state index contributed by atoms with van der Waals surface area (Å²) in [6.07, 6.45) is 1.18. The average molecular weight is 293 g/mol. The van der Waals surface area contributed by atoms with Gasteiger partial charge >= 0.3 is 0 Å². The van der Waals surface area contributed by atoms with Gasteiger partial charge in [-0.25, -0.2) is 0 Å². The Balaban J connectivity index is -0.0000000424. The highest BCUT2D eigenvalue weighted by atomic mass is 32.2. The summed E-state index contributed by atoms with van der Waals surface area (Å²) in [7, 11) is 0. The highest BCUT2D eigenvalue weighted by Gasteiger charge is 1.91. The van der Waals surface area contributed by atoms with Crippen molar-refractivity contribution in [1.29, 1.82) is 0 Å². The standard InChI is InChI=1S/C5H12S3.C3H8S.3CH4/c1-5(7)4-8-3-2-6;1-2-3-4;;;/h5-7H,2-4H2,1H3;4H,2-3H2,1H3;3*1H4. The predicted molar refractivity (Wildman–Crippen MR) is 94.0 cm³/mol. The Morgan fingerprint density at radius 3 is 1.67 bits per heavy atom. The topological polar surface area (TPSA) is 0 Å². The second-order valence-corrected chi connectivity index (χ2v) is 5.30. The number of thioether (sulfide) groups is 1. The van der Waals surface area contributed by atoms with Gasteiger partial charge in [-0.1, -0.05) is 36.1 Å². The van der Waals surface area contributed by atoms with Crippen LogP contribution in [0.5, 0.6) is 0 Å². The van der Waals surface area contributed by atoms with E-state index in [9.17, 15) is 0 Å². The number of thiol groups is 3. The van der Waals surface area contributed by atoms with Crippen molar-refractivity contribution in [2.45, 2.75) is 47.8 Å². The summed E-state index contributed by atoms with van der Waals surface area (Å²) in [6.45, 7) is 4.21. The van der Waals surface area contributed by atoms with Gasteiger partial charge in [0.1, 0.15) is 0 Å². The number of rotatable bonds is 5. The zero-order valence-electron chi connectivity index (χ0n) is 7.86. The number of hydrogen-bond acceptors (Lipinski definition) is 4. The Labute approximate surface area is 120 Å². The molecule has 1 atom stereocenters. The van der Waals surface area contributed by atoms with Crippen LogP contribution in [-0.4, -0.2) is 28.3 Å². The van der Waals surface area contributed by atoms with Crippen molar-refractivity contribution in [1.82, 2.24) is 0 Å². The molecule has 0 aromatic heterocycles. The van der Waals surface area contributed by atoms with E-state index >= 15 is 0 Å². The van der Waals surface area contributed by atoms with Crippen LogP contribution >= 0.6 is 49.6 Å². The molecule has 0 N–H and O–H groups in total. The third kappa shape index (κ3) is 50.5. The molecule has 0 aliphatic heterocycles. The molecule has 0 radical (unpaired) electrons. The lowest BCUT2D eigenvalue weighted by Gasteiger charge is -1.99. The number of hydrogen-bond donors (Lipinski definition) is 3. The van der Waals surface area contributed by atoms with E-state index in [1.165, 1.54) is 6.42 Å². The Morgan fingerprint density at radius 1 is 1.07 bits per heavy atom. The minimum Gasteiger partial charge on any atom is -0.179 e. The summed E-state index contributed by atoms with van der Waals surface area (Å²) >= 11 is 14.1. The van der Waals surface area contributed by atoms with Gasteiger partial charge in [0.2, 0.25) is 0 Å². The molecule has 0 heterocycles. The van der Waals surface area contributed by atoms with Crippen LogP contribution in [0, 0.1) is 0 Å². The van der Waals surface area contributed by atoms with E-state index in [2.05, 4.69) is 51.7 Å². The SMILES string of the molecule is C.C.C.CC(S)CSCCS.CCCS. The van der Waals surface area contributed by atoms with Gasteiger partial charge < -0.3 is 0 Å². The smallest absolute Gasteiger partial charge is 0.00791 e. The lowest BCUT2D eigenvalue weighted by Crippen LogP contribution is -1.95. The molecule has 15 heavy (non-hydrogen) atoms. The first kappa shape index (κ1) is 29.9. The van der Waals surface area contributed by atoms with E-state index in [-0.39, 0.29) is 22.3 Å². The van der Waals surface area contributed by atoms with E-state index in [4.69, 9.17) is 0 Å². The fraction of sp³-hybridized carbons (Fsp3) is 1.00. The van der Waals surface area contributed by atoms with Crippen molar-refractivity contribution in [3.05, 3.63) is 0 Å². The average Bonchev–Trinajstić information content (AvgIpc) is 2.05. The molecule has 0 aliphatic rings. The van der Waals surface area contributed by atoms with Crippen molar-refractivity contribution < 1.29 is 0 Å². The van der Waals surface area contributed by atoms with Crippen molar-refractivity contribution >= 4 is 49.6 Å². The van der Waals surface area contributed by atoms with Crippen molar-refractivity contribution in [2.24, 2.45) is 0 Å². The van der Waals surface area contributed by atoms with Gasteiger partial charge in [0.05, 0.1) is 0 Å². The molecule has 0 fully saturated rings. The van der Waals surface area contributed by atoms with Crippen LogP contribution in [0.3, 0.4) is 0 Å². The van der Waals surface area contributed by atoms with E-state index < -0.39 is 0 Å². The van der Waals surface area contributed by atoms with E-state index in [1.54, 1.807) is 0 Å². The van der Waals surface area contributed by atoms with Gasteiger partial charge in [-0.3, -0.25) is 0 Å². The molecule has 0 aromatic carbocycles. The van der Waals surface area contributed by atoms with Gasteiger partial charge in [0.15, 0.2) is 0 Å². The summed E-state index contributed by atoms with van der Waals surface area (Å²) < 4.78 is 0. The van der Waals surface area contributed by atoms with Crippen LogP contribution in [0.15, 0.2) is 0 Å². The van der Waals surface area contributed by atoms with Gasteiger partial charge in [0, 0.05) is 16.8 Å². The highest BCUT2D eigenvalue weighted by molar-refractivity contribution is 8.00. The lowest BCUT2D eigenvalue weighted by atomic mass is 10.6. The summed E-state index contributed by atoms with van der Waals surface area (Å²) in [5.41, 5.74) is 0. The second kappa shape index (κ2) is 29.5. The Bertz CT molecular complexity index is 65.6. The quantitative estimate of drug-likeness (QED) is 0.462. The lowest BCUT2D eigenvalue weighted by molar-refractivity contribution is 1.11. The highest BCUT2D eigenvalue weighted by Crippen LogP contribution is 2.06. The zero-order chi connectivity index (χ0) is 9.82. The van der Waals surface area contributed by atoms with Crippen LogP contribution in [0.4, 0.5) is 0 Å². The maximum atomic E-state index is 4.23. The summed E-state index contributed by atoms with van der Waals surface area (Å²) in [4.78, 5) is 0.